The highest BCUT2D eigenvalue weighted by molar-refractivity contribution is 7.90. The minimum Gasteiger partial charge on any atom is -0.346 e. The Balaban J connectivity index is 1.57. The third-order valence-corrected chi connectivity index (χ3v) is 9.19. The van der Waals surface area contributed by atoms with E-state index < -0.39 is 21.8 Å². The van der Waals surface area contributed by atoms with Crippen LogP contribution in [-0.2, 0) is 39.1 Å². The van der Waals surface area contributed by atoms with Gasteiger partial charge in [-0.2, -0.15) is 13.1 Å². The zero-order chi connectivity index (χ0) is 27.3. The lowest BCUT2D eigenvalue weighted by atomic mass is 9.87. The van der Waals surface area contributed by atoms with Crippen LogP contribution in [0.3, 0.4) is 0 Å². The normalized spacial score (nSPS) is 17.5. The molecular formula is C30H41N3O4S. The lowest BCUT2D eigenvalue weighted by Gasteiger charge is -2.34. The summed E-state index contributed by atoms with van der Waals surface area (Å²) in [4.78, 5) is 26.8. The van der Waals surface area contributed by atoms with Gasteiger partial charge in [-0.15, -0.1) is 0 Å². The molecule has 4 rings (SSSR count). The number of nitrogens with one attached hydrogen (secondary N) is 2. The first-order valence-electron chi connectivity index (χ1n) is 13.8. The zero-order valence-corrected chi connectivity index (χ0v) is 23.6. The summed E-state index contributed by atoms with van der Waals surface area (Å²) in [6.45, 7) is 5.85. The monoisotopic (exact) mass is 539 g/mol. The first-order chi connectivity index (χ1) is 18.0. The first kappa shape index (κ1) is 28.3. The molecule has 0 spiro atoms. The Bertz CT molecular complexity index is 1230. The molecule has 1 aliphatic carbocycles. The highest BCUT2D eigenvalue weighted by Gasteiger charge is 2.33. The number of anilines is 1. The minimum absolute atomic E-state index is 0.0282. The molecule has 2 N–H and O–H groups in total. The van der Waals surface area contributed by atoms with Crippen LogP contribution >= 0.6 is 0 Å². The summed E-state index contributed by atoms with van der Waals surface area (Å²) < 4.78 is 30.5. The topological polar surface area (TPSA) is 95.6 Å². The van der Waals surface area contributed by atoms with Crippen molar-refractivity contribution in [2.45, 2.75) is 90.1 Å². The molecule has 1 heterocycles. The SMILES string of the molecule is CC(C)(C)NS(=O)(=O)N1CCCc2c(CC(=O)[C@H](Cc3ccccc3)NC(=O)C3CCCCC3)cccc21. The molecule has 2 aromatic carbocycles. The van der Waals surface area contributed by atoms with Gasteiger partial charge < -0.3 is 5.32 Å². The molecule has 1 saturated carbocycles. The quantitative estimate of drug-likeness (QED) is 0.491. The van der Waals surface area contributed by atoms with E-state index in [1.54, 1.807) is 0 Å². The third-order valence-electron chi connectivity index (χ3n) is 7.36. The van der Waals surface area contributed by atoms with E-state index in [2.05, 4.69) is 10.0 Å². The average Bonchev–Trinajstić information content (AvgIpc) is 2.88. The standard InChI is InChI=1S/C30H41N3O4S/c1-30(2,3)32-38(36,37)33-19-11-17-25-24(16-10-18-27(25)33)21-28(34)26(20-22-12-6-4-7-13-22)31-29(35)23-14-8-5-9-15-23/h4,6-7,10,12-13,16,18,23,26,32H,5,8-9,11,14-15,17,19-21H2,1-3H3,(H,31,35)/t26-/m0/s1. The van der Waals surface area contributed by atoms with Gasteiger partial charge in [-0.3, -0.25) is 13.9 Å². The van der Waals surface area contributed by atoms with Crippen LogP contribution in [0.5, 0.6) is 0 Å². The minimum atomic E-state index is -3.74. The molecule has 206 valence electrons. The second-order valence-electron chi connectivity index (χ2n) is 11.7. The molecule has 2 aliphatic rings. The maximum absolute atomic E-state index is 13.7. The van der Waals surface area contributed by atoms with E-state index in [1.807, 2.05) is 69.3 Å². The van der Waals surface area contributed by atoms with Crippen molar-refractivity contribution in [2.24, 2.45) is 5.92 Å². The summed E-state index contributed by atoms with van der Waals surface area (Å²) in [7, 11) is -3.74. The molecule has 2 aromatic rings. The zero-order valence-electron chi connectivity index (χ0n) is 22.8. The number of benzene rings is 2. The molecule has 1 fully saturated rings. The molecule has 1 atom stereocenters. The highest BCUT2D eigenvalue weighted by Crippen LogP contribution is 2.32. The smallest absolute Gasteiger partial charge is 0.302 e. The van der Waals surface area contributed by atoms with Crippen molar-refractivity contribution >= 4 is 27.6 Å². The summed E-state index contributed by atoms with van der Waals surface area (Å²) in [5.41, 5.74) is 2.74. The largest absolute Gasteiger partial charge is 0.346 e. The number of amides is 1. The number of ketones is 1. The van der Waals surface area contributed by atoms with E-state index >= 15 is 0 Å². The Labute approximate surface area is 227 Å². The van der Waals surface area contributed by atoms with Crippen molar-refractivity contribution in [3.05, 3.63) is 65.2 Å². The molecule has 1 amide bonds. The van der Waals surface area contributed by atoms with Crippen LogP contribution in [0.1, 0.15) is 76.0 Å². The van der Waals surface area contributed by atoms with Crippen LogP contribution in [-0.4, -0.2) is 38.2 Å². The fourth-order valence-electron chi connectivity index (χ4n) is 5.58. The van der Waals surface area contributed by atoms with E-state index in [0.717, 1.165) is 48.8 Å². The van der Waals surface area contributed by atoms with Crippen molar-refractivity contribution < 1.29 is 18.0 Å². The van der Waals surface area contributed by atoms with Gasteiger partial charge in [0, 0.05) is 24.4 Å². The molecule has 8 heteroatoms. The van der Waals surface area contributed by atoms with Crippen LogP contribution < -0.4 is 14.3 Å². The summed E-state index contributed by atoms with van der Waals surface area (Å²) in [6, 6.07) is 14.7. The average molecular weight is 540 g/mol. The van der Waals surface area contributed by atoms with Gasteiger partial charge in [-0.05, 0) is 75.6 Å². The van der Waals surface area contributed by atoms with E-state index in [9.17, 15) is 18.0 Å². The Morgan fingerprint density at radius 3 is 2.37 bits per heavy atom. The molecule has 38 heavy (non-hydrogen) atoms. The summed E-state index contributed by atoms with van der Waals surface area (Å²) in [5, 5.41) is 3.09. The van der Waals surface area contributed by atoms with Gasteiger partial charge in [0.15, 0.2) is 5.78 Å². The van der Waals surface area contributed by atoms with E-state index in [0.29, 0.717) is 31.5 Å². The summed E-state index contributed by atoms with van der Waals surface area (Å²) >= 11 is 0. The van der Waals surface area contributed by atoms with Crippen molar-refractivity contribution in [2.75, 3.05) is 10.8 Å². The van der Waals surface area contributed by atoms with Crippen LogP contribution in [0, 0.1) is 5.92 Å². The van der Waals surface area contributed by atoms with Crippen molar-refractivity contribution in [1.82, 2.24) is 10.0 Å². The van der Waals surface area contributed by atoms with Crippen LogP contribution in [0.25, 0.3) is 0 Å². The Kier molecular flexibility index (Phi) is 8.93. The van der Waals surface area contributed by atoms with E-state index in [4.69, 9.17) is 0 Å². The highest BCUT2D eigenvalue weighted by atomic mass is 32.2. The Morgan fingerprint density at radius 1 is 0.974 bits per heavy atom. The first-order valence-corrected chi connectivity index (χ1v) is 15.3. The Hall–Kier alpha value is -2.71. The molecule has 7 nitrogen and oxygen atoms in total. The van der Waals surface area contributed by atoms with Crippen LogP contribution in [0.2, 0.25) is 0 Å². The third kappa shape index (κ3) is 7.23. The van der Waals surface area contributed by atoms with Gasteiger partial charge in [0.1, 0.15) is 0 Å². The van der Waals surface area contributed by atoms with Gasteiger partial charge >= 0.3 is 10.2 Å². The summed E-state index contributed by atoms with van der Waals surface area (Å²) in [5.74, 6) is -0.118. The number of rotatable bonds is 9. The second-order valence-corrected chi connectivity index (χ2v) is 13.3. The van der Waals surface area contributed by atoms with E-state index in [-0.39, 0.29) is 24.0 Å². The summed E-state index contributed by atoms with van der Waals surface area (Å²) in [6.07, 6.45) is 6.97. The maximum Gasteiger partial charge on any atom is 0.302 e. The van der Waals surface area contributed by atoms with Crippen molar-refractivity contribution in [1.29, 1.82) is 0 Å². The number of hydrogen-bond donors (Lipinski definition) is 2. The number of carbonyl (C=O) groups is 2. The van der Waals surface area contributed by atoms with Gasteiger partial charge in [0.25, 0.3) is 0 Å². The van der Waals surface area contributed by atoms with E-state index in [1.165, 1.54) is 4.31 Å². The number of nitrogens with zero attached hydrogens (tertiary/aromatic N) is 1. The van der Waals surface area contributed by atoms with Gasteiger partial charge in [-0.1, -0.05) is 61.7 Å². The molecule has 0 unspecified atom stereocenters. The lowest BCUT2D eigenvalue weighted by Crippen LogP contribution is -2.50. The second kappa shape index (κ2) is 12.0. The van der Waals surface area contributed by atoms with Gasteiger partial charge in [0.2, 0.25) is 5.91 Å². The van der Waals surface area contributed by atoms with Crippen molar-refractivity contribution in [3.8, 4) is 0 Å². The number of fused-ring (bicyclic) bond motifs is 1. The fourth-order valence-corrected chi connectivity index (χ4v) is 7.26. The molecule has 0 aromatic heterocycles. The van der Waals surface area contributed by atoms with Gasteiger partial charge in [0.05, 0.1) is 11.7 Å². The van der Waals surface area contributed by atoms with Crippen molar-refractivity contribution in [3.63, 3.8) is 0 Å². The van der Waals surface area contributed by atoms with Gasteiger partial charge in [-0.25, -0.2) is 0 Å². The van der Waals surface area contributed by atoms with Crippen LogP contribution in [0.4, 0.5) is 5.69 Å². The molecule has 1 aliphatic heterocycles. The molecular weight excluding hydrogens is 498 g/mol. The maximum atomic E-state index is 13.7. The predicted octanol–water partition coefficient (Wildman–Crippen LogP) is 4.49. The molecule has 0 bridgehead atoms. The molecule has 0 radical (unpaired) electrons. The fraction of sp³-hybridized carbons (Fsp3) is 0.533. The Morgan fingerprint density at radius 2 is 1.68 bits per heavy atom. The number of carbonyl (C=O) groups excluding carboxylic acids is 2. The number of Topliss-reactive ketones (excluding diaryl/α,β-unsaturated/α-hetero) is 1. The lowest BCUT2D eigenvalue weighted by molar-refractivity contribution is -0.130. The van der Waals surface area contributed by atoms with Crippen LogP contribution in [0.15, 0.2) is 48.5 Å². The number of hydrogen-bond acceptors (Lipinski definition) is 4. The predicted molar refractivity (Wildman–Crippen MR) is 151 cm³/mol. The molecule has 0 saturated heterocycles.